The van der Waals surface area contributed by atoms with Gasteiger partial charge in [-0.15, -0.1) is 0 Å². The number of hydrazone groups is 1. The van der Waals surface area contributed by atoms with Gasteiger partial charge < -0.3 is 19.5 Å². The highest BCUT2D eigenvalue weighted by atomic mass is 16.6. The molecule has 0 unspecified atom stereocenters. The number of amides is 2. The molecule has 0 radical (unpaired) electrons. The molecule has 37 heavy (non-hydrogen) atoms. The Bertz CT molecular complexity index is 1230. The van der Waals surface area contributed by atoms with Crippen LogP contribution in [0, 0.1) is 0 Å². The molecule has 0 aliphatic heterocycles. The fraction of sp³-hybridized carbons (Fsp3) is 0.214. The Morgan fingerprint density at radius 1 is 0.919 bits per heavy atom. The SMILES string of the molecule is CCCCOc1ccc(C(=O)NCC(=O)NN=Cc2ccc(OC(=O)c3ccccc3)c(OC)c2)cc1. The van der Waals surface area contributed by atoms with E-state index >= 15 is 0 Å². The Morgan fingerprint density at radius 3 is 2.38 bits per heavy atom. The van der Waals surface area contributed by atoms with E-state index in [0.717, 1.165) is 12.8 Å². The number of benzene rings is 3. The molecule has 3 aromatic carbocycles. The maximum Gasteiger partial charge on any atom is 0.343 e. The van der Waals surface area contributed by atoms with Crippen LogP contribution in [0.3, 0.4) is 0 Å². The quantitative estimate of drug-likeness (QED) is 0.127. The predicted molar refractivity (Wildman–Crippen MR) is 139 cm³/mol. The van der Waals surface area contributed by atoms with Crippen LogP contribution in [0.4, 0.5) is 0 Å². The highest BCUT2D eigenvalue weighted by molar-refractivity contribution is 5.96. The molecular formula is C28H29N3O6. The summed E-state index contributed by atoms with van der Waals surface area (Å²) in [6, 6.07) is 20.2. The van der Waals surface area contributed by atoms with Gasteiger partial charge in [0.05, 0.1) is 32.0 Å². The molecule has 0 saturated heterocycles. The summed E-state index contributed by atoms with van der Waals surface area (Å²) in [7, 11) is 1.45. The Labute approximate surface area is 215 Å². The maximum atomic E-state index is 12.3. The van der Waals surface area contributed by atoms with Crippen molar-refractivity contribution in [3.8, 4) is 17.2 Å². The molecule has 0 aliphatic carbocycles. The van der Waals surface area contributed by atoms with E-state index in [2.05, 4.69) is 22.8 Å². The van der Waals surface area contributed by atoms with Gasteiger partial charge in [-0.25, -0.2) is 10.2 Å². The highest BCUT2D eigenvalue weighted by Crippen LogP contribution is 2.28. The van der Waals surface area contributed by atoms with Crippen LogP contribution < -0.4 is 25.0 Å². The van der Waals surface area contributed by atoms with E-state index in [4.69, 9.17) is 14.2 Å². The van der Waals surface area contributed by atoms with Gasteiger partial charge in [0.15, 0.2) is 11.5 Å². The van der Waals surface area contributed by atoms with Crippen molar-refractivity contribution in [2.24, 2.45) is 5.10 Å². The van der Waals surface area contributed by atoms with Crippen molar-refractivity contribution in [1.29, 1.82) is 0 Å². The van der Waals surface area contributed by atoms with Crippen molar-refractivity contribution in [1.82, 2.24) is 10.7 Å². The van der Waals surface area contributed by atoms with Gasteiger partial charge in [0, 0.05) is 5.56 Å². The molecule has 3 aromatic rings. The van der Waals surface area contributed by atoms with Gasteiger partial charge >= 0.3 is 5.97 Å². The molecular weight excluding hydrogens is 474 g/mol. The van der Waals surface area contributed by atoms with E-state index in [1.54, 1.807) is 66.7 Å². The molecule has 0 saturated carbocycles. The number of hydrogen-bond donors (Lipinski definition) is 2. The lowest BCUT2D eigenvalue weighted by Crippen LogP contribution is -2.34. The van der Waals surface area contributed by atoms with Crippen molar-refractivity contribution in [2.75, 3.05) is 20.3 Å². The number of nitrogens with zero attached hydrogens (tertiary/aromatic N) is 1. The first-order chi connectivity index (χ1) is 18.0. The van der Waals surface area contributed by atoms with Crippen LogP contribution in [0.5, 0.6) is 17.2 Å². The molecule has 9 nitrogen and oxygen atoms in total. The number of carbonyl (C=O) groups is 3. The summed E-state index contributed by atoms with van der Waals surface area (Å²) in [6.07, 6.45) is 3.41. The zero-order valence-corrected chi connectivity index (χ0v) is 20.7. The average Bonchev–Trinajstić information content (AvgIpc) is 2.93. The molecule has 0 aliphatic rings. The summed E-state index contributed by atoms with van der Waals surface area (Å²) in [5.41, 5.74) is 3.78. The van der Waals surface area contributed by atoms with E-state index < -0.39 is 11.9 Å². The molecule has 0 heterocycles. The van der Waals surface area contributed by atoms with Gasteiger partial charge in [-0.05, 0) is 66.6 Å². The number of unbranched alkanes of at least 4 members (excludes halogenated alkanes) is 1. The average molecular weight is 504 g/mol. The third-order valence-corrected chi connectivity index (χ3v) is 5.10. The molecule has 3 rings (SSSR count). The Hall–Kier alpha value is -4.66. The van der Waals surface area contributed by atoms with Crippen molar-refractivity contribution in [2.45, 2.75) is 19.8 Å². The third kappa shape index (κ3) is 8.50. The zero-order valence-electron chi connectivity index (χ0n) is 20.7. The smallest absolute Gasteiger partial charge is 0.343 e. The van der Waals surface area contributed by atoms with Gasteiger partial charge in [-0.1, -0.05) is 31.5 Å². The lowest BCUT2D eigenvalue weighted by atomic mass is 10.2. The monoisotopic (exact) mass is 503 g/mol. The van der Waals surface area contributed by atoms with Gasteiger partial charge in [-0.2, -0.15) is 5.10 Å². The number of carbonyl (C=O) groups excluding carboxylic acids is 3. The van der Waals surface area contributed by atoms with Crippen LogP contribution in [0.2, 0.25) is 0 Å². The summed E-state index contributed by atoms with van der Waals surface area (Å²) < 4.78 is 16.3. The molecule has 0 aromatic heterocycles. The normalized spacial score (nSPS) is 10.5. The second-order valence-electron chi connectivity index (χ2n) is 7.87. The van der Waals surface area contributed by atoms with Gasteiger partial charge in [-0.3, -0.25) is 9.59 Å². The summed E-state index contributed by atoms with van der Waals surface area (Å²) in [5.74, 6) is -0.120. The number of methoxy groups -OCH3 is 1. The fourth-order valence-corrected chi connectivity index (χ4v) is 3.10. The summed E-state index contributed by atoms with van der Waals surface area (Å²) in [5, 5.41) is 6.44. The second kappa shape index (κ2) is 14.0. The summed E-state index contributed by atoms with van der Waals surface area (Å²) >= 11 is 0. The van der Waals surface area contributed by atoms with Crippen molar-refractivity contribution >= 4 is 24.0 Å². The number of hydrogen-bond acceptors (Lipinski definition) is 7. The molecule has 0 fully saturated rings. The van der Waals surface area contributed by atoms with Crippen LogP contribution in [-0.4, -0.2) is 44.3 Å². The number of rotatable bonds is 12. The third-order valence-electron chi connectivity index (χ3n) is 5.10. The topological polar surface area (TPSA) is 115 Å². The van der Waals surface area contributed by atoms with Gasteiger partial charge in [0.25, 0.3) is 11.8 Å². The van der Waals surface area contributed by atoms with Crippen molar-refractivity contribution in [3.05, 3.63) is 89.5 Å². The van der Waals surface area contributed by atoms with Crippen LogP contribution in [-0.2, 0) is 4.79 Å². The van der Waals surface area contributed by atoms with E-state index in [0.29, 0.717) is 34.8 Å². The lowest BCUT2D eigenvalue weighted by Gasteiger charge is -2.10. The highest BCUT2D eigenvalue weighted by Gasteiger charge is 2.13. The molecule has 0 atom stereocenters. The van der Waals surface area contributed by atoms with Crippen molar-refractivity contribution < 1.29 is 28.6 Å². The van der Waals surface area contributed by atoms with E-state index in [1.807, 2.05) is 6.07 Å². The number of esters is 1. The Balaban J connectivity index is 1.47. The predicted octanol–water partition coefficient (Wildman–Crippen LogP) is 3.97. The number of ether oxygens (including phenoxy) is 3. The zero-order chi connectivity index (χ0) is 26.5. The minimum atomic E-state index is -0.508. The lowest BCUT2D eigenvalue weighted by molar-refractivity contribution is -0.120. The summed E-state index contributed by atoms with van der Waals surface area (Å²) in [6.45, 7) is 2.46. The Kier molecular flexibility index (Phi) is 10.2. The van der Waals surface area contributed by atoms with Crippen LogP contribution in [0.15, 0.2) is 77.9 Å². The minimum absolute atomic E-state index is 0.247. The first kappa shape index (κ1) is 26.9. The first-order valence-corrected chi connectivity index (χ1v) is 11.8. The summed E-state index contributed by atoms with van der Waals surface area (Å²) in [4.78, 5) is 36.6. The van der Waals surface area contributed by atoms with E-state index in [-0.39, 0.29) is 18.2 Å². The van der Waals surface area contributed by atoms with E-state index in [9.17, 15) is 14.4 Å². The van der Waals surface area contributed by atoms with Gasteiger partial charge in [0.1, 0.15) is 5.75 Å². The minimum Gasteiger partial charge on any atom is -0.494 e. The number of nitrogens with one attached hydrogen (secondary N) is 2. The fourth-order valence-electron chi connectivity index (χ4n) is 3.10. The van der Waals surface area contributed by atoms with Crippen LogP contribution in [0.25, 0.3) is 0 Å². The van der Waals surface area contributed by atoms with Crippen molar-refractivity contribution in [3.63, 3.8) is 0 Å². The van der Waals surface area contributed by atoms with Crippen LogP contribution >= 0.6 is 0 Å². The molecule has 9 heteroatoms. The molecule has 0 bridgehead atoms. The van der Waals surface area contributed by atoms with Crippen LogP contribution in [0.1, 0.15) is 46.0 Å². The largest absolute Gasteiger partial charge is 0.494 e. The Morgan fingerprint density at radius 2 is 1.68 bits per heavy atom. The first-order valence-electron chi connectivity index (χ1n) is 11.8. The second-order valence-corrected chi connectivity index (χ2v) is 7.87. The van der Waals surface area contributed by atoms with Gasteiger partial charge in [0.2, 0.25) is 0 Å². The molecule has 0 spiro atoms. The molecule has 2 amide bonds. The molecule has 192 valence electrons. The standard InChI is InChI=1S/C28H29N3O6/c1-3-4-16-36-23-13-11-21(12-14-23)27(33)29-19-26(32)31-30-18-20-10-15-24(25(17-20)35-2)37-28(34)22-8-6-5-7-9-22/h5-15,17-18H,3-4,16,19H2,1-2H3,(H,29,33)(H,31,32). The van der Waals surface area contributed by atoms with E-state index in [1.165, 1.54) is 13.3 Å². The molecule has 2 N–H and O–H groups in total. The maximum absolute atomic E-state index is 12.3.